The van der Waals surface area contributed by atoms with Gasteiger partial charge >= 0.3 is 0 Å². The Balaban J connectivity index is 1.14. The van der Waals surface area contributed by atoms with Gasteiger partial charge < -0.3 is 4.90 Å². The van der Waals surface area contributed by atoms with E-state index in [1.807, 2.05) is 0 Å². The van der Waals surface area contributed by atoms with Gasteiger partial charge in [-0.25, -0.2) is 0 Å². The van der Waals surface area contributed by atoms with E-state index in [0.717, 1.165) is 17.1 Å². The Kier molecular flexibility index (Phi) is 7.22. The second kappa shape index (κ2) is 12.3. The van der Waals surface area contributed by atoms with Gasteiger partial charge in [-0.05, 0) is 108 Å². The monoisotopic (exact) mass is 623 g/mol. The minimum absolute atomic E-state index is 1.11. The minimum atomic E-state index is 1.11. The first-order valence-corrected chi connectivity index (χ1v) is 16.8. The van der Waals surface area contributed by atoms with Crippen LogP contribution in [0.25, 0.3) is 65.7 Å². The van der Waals surface area contributed by atoms with Gasteiger partial charge in [-0.2, -0.15) is 0 Å². The fourth-order valence-electron chi connectivity index (χ4n) is 7.19. The van der Waals surface area contributed by atoms with Crippen LogP contribution in [0.3, 0.4) is 0 Å². The van der Waals surface area contributed by atoms with Gasteiger partial charge in [0.1, 0.15) is 0 Å². The third-order valence-corrected chi connectivity index (χ3v) is 9.62. The molecular weight excluding hydrogens is 591 g/mol. The van der Waals surface area contributed by atoms with Crippen LogP contribution in [-0.2, 0) is 0 Å². The molecule has 0 saturated heterocycles. The van der Waals surface area contributed by atoms with E-state index in [4.69, 9.17) is 0 Å². The average Bonchev–Trinajstić information content (AvgIpc) is 3.18. The fourth-order valence-corrected chi connectivity index (χ4v) is 7.19. The van der Waals surface area contributed by atoms with E-state index >= 15 is 0 Å². The molecule has 0 heterocycles. The lowest BCUT2D eigenvalue weighted by Gasteiger charge is -2.27. The van der Waals surface area contributed by atoms with Crippen molar-refractivity contribution in [3.63, 3.8) is 0 Å². The maximum atomic E-state index is 2.37. The van der Waals surface area contributed by atoms with E-state index in [9.17, 15) is 0 Å². The summed E-state index contributed by atoms with van der Waals surface area (Å²) in [5.41, 5.74) is 10.6. The van der Waals surface area contributed by atoms with Crippen LogP contribution in [0.15, 0.2) is 200 Å². The molecule has 1 heteroatoms. The lowest BCUT2D eigenvalue weighted by Crippen LogP contribution is -2.10. The molecule has 0 bridgehead atoms. The second-order valence-corrected chi connectivity index (χ2v) is 12.6. The normalized spacial score (nSPS) is 11.3. The van der Waals surface area contributed by atoms with Crippen molar-refractivity contribution in [3.8, 4) is 33.4 Å². The van der Waals surface area contributed by atoms with Crippen molar-refractivity contribution in [3.05, 3.63) is 200 Å². The van der Waals surface area contributed by atoms with E-state index in [1.165, 1.54) is 65.7 Å². The highest BCUT2D eigenvalue weighted by Crippen LogP contribution is 2.40. The molecule has 1 nitrogen and oxygen atoms in total. The van der Waals surface area contributed by atoms with E-state index in [-0.39, 0.29) is 0 Å². The van der Waals surface area contributed by atoms with Crippen molar-refractivity contribution in [2.45, 2.75) is 0 Å². The molecule has 0 amide bonds. The maximum Gasteiger partial charge on any atom is 0.0468 e. The summed E-state index contributed by atoms with van der Waals surface area (Å²) in [6.45, 7) is 0. The molecule has 9 aromatic rings. The van der Waals surface area contributed by atoms with Crippen LogP contribution in [-0.4, -0.2) is 0 Å². The van der Waals surface area contributed by atoms with Crippen molar-refractivity contribution in [1.29, 1.82) is 0 Å². The first-order chi connectivity index (χ1) is 24.3. The molecular formula is C48H33N. The lowest BCUT2D eigenvalue weighted by molar-refractivity contribution is 1.29. The summed E-state index contributed by atoms with van der Waals surface area (Å²) in [5, 5.41) is 7.56. The van der Waals surface area contributed by atoms with Gasteiger partial charge in [-0.3, -0.25) is 0 Å². The molecule has 230 valence electrons. The Hall–Kier alpha value is -6.44. The summed E-state index contributed by atoms with van der Waals surface area (Å²) in [4.78, 5) is 2.37. The molecule has 9 aromatic carbocycles. The highest BCUT2D eigenvalue weighted by Gasteiger charge is 2.15. The van der Waals surface area contributed by atoms with Gasteiger partial charge in [0.25, 0.3) is 0 Å². The van der Waals surface area contributed by atoms with Gasteiger partial charge in [0.05, 0.1) is 0 Å². The van der Waals surface area contributed by atoms with Crippen LogP contribution in [0.4, 0.5) is 17.1 Å². The van der Waals surface area contributed by atoms with Gasteiger partial charge in [-0.15, -0.1) is 0 Å². The van der Waals surface area contributed by atoms with Crippen molar-refractivity contribution in [1.82, 2.24) is 0 Å². The van der Waals surface area contributed by atoms with Crippen molar-refractivity contribution in [2.75, 3.05) is 4.90 Å². The lowest BCUT2D eigenvalue weighted by atomic mass is 9.95. The molecule has 0 spiro atoms. The Labute approximate surface area is 287 Å². The number of anilines is 3. The van der Waals surface area contributed by atoms with E-state index in [0.29, 0.717) is 0 Å². The predicted molar refractivity (Wildman–Crippen MR) is 210 cm³/mol. The maximum absolute atomic E-state index is 2.37. The summed E-state index contributed by atoms with van der Waals surface area (Å²) in [6, 6.07) is 72.5. The van der Waals surface area contributed by atoms with Gasteiger partial charge in [0.2, 0.25) is 0 Å². The summed E-state index contributed by atoms with van der Waals surface area (Å²) >= 11 is 0. The predicted octanol–water partition coefficient (Wildman–Crippen LogP) is 13.6. The summed E-state index contributed by atoms with van der Waals surface area (Å²) in [5.74, 6) is 0. The molecule has 0 fully saturated rings. The molecule has 0 unspecified atom stereocenters. The van der Waals surface area contributed by atoms with Crippen molar-refractivity contribution >= 4 is 49.4 Å². The Morgan fingerprint density at radius 2 is 0.776 bits per heavy atom. The van der Waals surface area contributed by atoms with Crippen LogP contribution in [0.1, 0.15) is 0 Å². The van der Waals surface area contributed by atoms with E-state index in [1.54, 1.807) is 0 Å². The Morgan fingerprint density at radius 1 is 0.245 bits per heavy atom. The average molecular weight is 624 g/mol. The van der Waals surface area contributed by atoms with Crippen LogP contribution in [0.5, 0.6) is 0 Å². The molecule has 0 aliphatic heterocycles. The van der Waals surface area contributed by atoms with Crippen LogP contribution in [0, 0.1) is 0 Å². The third-order valence-electron chi connectivity index (χ3n) is 9.62. The van der Waals surface area contributed by atoms with Gasteiger partial charge in [-0.1, -0.05) is 158 Å². The highest BCUT2D eigenvalue weighted by atomic mass is 15.1. The molecule has 0 atom stereocenters. The SMILES string of the molecule is c1ccc(-c2cccc(N(c3ccc(-c4cccc(-c5cccc6ccccc56)c4)cc3)c3ccc4c(ccc5ccccc54)c3)c2)cc1. The number of fused-ring (bicyclic) bond motifs is 4. The van der Waals surface area contributed by atoms with Crippen molar-refractivity contribution in [2.24, 2.45) is 0 Å². The molecule has 0 saturated carbocycles. The topological polar surface area (TPSA) is 3.24 Å². The van der Waals surface area contributed by atoms with Crippen molar-refractivity contribution < 1.29 is 0 Å². The number of hydrogen-bond donors (Lipinski definition) is 0. The first-order valence-electron chi connectivity index (χ1n) is 16.8. The number of nitrogens with zero attached hydrogens (tertiary/aromatic N) is 1. The quantitative estimate of drug-likeness (QED) is 0.167. The zero-order chi connectivity index (χ0) is 32.6. The molecule has 0 N–H and O–H groups in total. The number of hydrogen-bond acceptors (Lipinski definition) is 1. The zero-order valence-electron chi connectivity index (χ0n) is 27.0. The fraction of sp³-hybridized carbons (Fsp3) is 0. The van der Waals surface area contributed by atoms with Crippen LogP contribution in [0.2, 0.25) is 0 Å². The van der Waals surface area contributed by atoms with Gasteiger partial charge in [0, 0.05) is 17.1 Å². The molecule has 9 rings (SSSR count). The van der Waals surface area contributed by atoms with Gasteiger partial charge in [0.15, 0.2) is 0 Å². The summed E-state index contributed by atoms with van der Waals surface area (Å²) in [6.07, 6.45) is 0. The highest BCUT2D eigenvalue weighted by molar-refractivity contribution is 6.08. The largest absolute Gasteiger partial charge is 0.310 e. The Morgan fingerprint density at radius 3 is 1.61 bits per heavy atom. The zero-order valence-corrected chi connectivity index (χ0v) is 27.0. The second-order valence-electron chi connectivity index (χ2n) is 12.6. The Bertz CT molecular complexity index is 2590. The van der Waals surface area contributed by atoms with E-state index < -0.39 is 0 Å². The first kappa shape index (κ1) is 28.8. The summed E-state index contributed by atoms with van der Waals surface area (Å²) in [7, 11) is 0. The molecule has 0 aliphatic carbocycles. The smallest absolute Gasteiger partial charge is 0.0468 e. The summed E-state index contributed by atoms with van der Waals surface area (Å²) < 4.78 is 0. The van der Waals surface area contributed by atoms with E-state index in [2.05, 4.69) is 205 Å². The van der Waals surface area contributed by atoms with Crippen LogP contribution >= 0.6 is 0 Å². The third kappa shape index (κ3) is 5.42. The van der Waals surface area contributed by atoms with Crippen LogP contribution < -0.4 is 4.90 Å². The molecule has 0 aliphatic rings. The molecule has 0 aromatic heterocycles. The standard InChI is InChI=1S/C48H33N/c1-2-11-34(12-3-1)39-17-9-19-43(32-39)49(44-29-30-48-41(33-44)24-23-37-14-5-7-21-46(37)48)42-27-25-35(26-28-42)38-16-8-18-40(31-38)47-22-10-15-36-13-4-6-20-45(36)47/h1-33H. The molecule has 49 heavy (non-hydrogen) atoms. The molecule has 0 radical (unpaired) electrons. The number of benzene rings is 9. The number of rotatable bonds is 6. The minimum Gasteiger partial charge on any atom is -0.310 e.